The third kappa shape index (κ3) is 3.12. The summed E-state index contributed by atoms with van der Waals surface area (Å²) in [6.45, 7) is 1.18. The van der Waals surface area contributed by atoms with Crippen molar-refractivity contribution >= 4 is 10.2 Å². The van der Waals surface area contributed by atoms with E-state index in [1.54, 1.807) is 0 Å². The molecule has 1 aromatic rings. The van der Waals surface area contributed by atoms with E-state index in [4.69, 9.17) is 0 Å². The minimum atomic E-state index is -4.49. The van der Waals surface area contributed by atoms with Crippen molar-refractivity contribution in [1.29, 1.82) is 0 Å². The highest BCUT2D eigenvalue weighted by molar-refractivity contribution is 7.86. The molecule has 0 N–H and O–H groups in total. The molecule has 1 aromatic carbocycles. The number of alkyl halides is 3. The number of hydrogen-bond acceptors (Lipinski definition) is 2. The molecule has 2 fully saturated rings. The maximum absolute atomic E-state index is 13.3. The zero-order chi connectivity index (χ0) is 16.7. The summed E-state index contributed by atoms with van der Waals surface area (Å²) in [6.07, 6.45) is -1.86. The molecule has 2 saturated heterocycles. The molecule has 0 aromatic heterocycles. The first-order valence-corrected chi connectivity index (χ1v) is 9.14. The van der Waals surface area contributed by atoms with E-state index in [0.29, 0.717) is 25.9 Å². The monoisotopic (exact) mass is 348 g/mol. The lowest BCUT2D eigenvalue weighted by molar-refractivity contribution is -0.138. The van der Waals surface area contributed by atoms with Gasteiger partial charge in [-0.15, -0.1) is 0 Å². The van der Waals surface area contributed by atoms with Gasteiger partial charge in [-0.25, -0.2) is 0 Å². The Morgan fingerprint density at radius 3 is 2.30 bits per heavy atom. The molecule has 2 aliphatic rings. The second-order valence-corrected chi connectivity index (χ2v) is 7.85. The Balaban J connectivity index is 2.00. The van der Waals surface area contributed by atoms with E-state index >= 15 is 0 Å². The standard InChI is InChI=1S/C15H19F3N2O2S/c16-15(17,18)13-7-2-1-6-12(13)14-8-3-4-11-20(14)23(21,22)19-9-5-10-19/h1-2,6-7,14H,3-5,8-11H2. The molecule has 128 valence electrons. The van der Waals surface area contributed by atoms with Crippen LogP contribution in [0.2, 0.25) is 0 Å². The topological polar surface area (TPSA) is 40.6 Å². The molecule has 23 heavy (non-hydrogen) atoms. The average Bonchev–Trinajstić information content (AvgIpc) is 2.44. The number of nitrogens with zero attached hydrogens (tertiary/aromatic N) is 2. The van der Waals surface area contributed by atoms with Crippen molar-refractivity contribution in [3.05, 3.63) is 35.4 Å². The SMILES string of the molecule is O=S(=O)(N1CCC1)N1CCCCC1c1ccccc1C(F)(F)F. The van der Waals surface area contributed by atoms with Gasteiger partial charge < -0.3 is 0 Å². The van der Waals surface area contributed by atoms with Gasteiger partial charge in [0.1, 0.15) is 0 Å². The van der Waals surface area contributed by atoms with Crippen LogP contribution < -0.4 is 0 Å². The van der Waals surface area contributed by atoms with Crippen LogP contribution in [0.3, 0.4) is 0 Å². The molecule has 0 radical (unpaired) electrons. The number of hydrogen-bond donors (Lipinski definition) is 0. The molecule has 1 unspecified atom stereocenters. The largest absolute Gasteiger partial charge is 0.416 e. The van der Waals surface area contributed by atoms with Gasteiger partial charge in [0.15, 0.2) is 0 Å². The van der Waals surface area contributed by atoms with Crippen molar-refractivity contribution in [3.8, 4) is 0 Å². The predicted octanol–water partition coefficient (Wildman–Crippen LogP) is 3.18. The van der Waals surface area contributed by atoms with Crippen molar-refractivity contribution in [2.75, 3.05) is 19.6 Å². The van der Waals surface area contributed by atoms with Crippen LogP contribution in [0.1, 0.15) is 42.9 Å². The van der Waals surface area contributed by atoms with Gasteiger partial charge in [-0.1, -0.05) is 24.6 Å². The second kappa shape index (κ2) is 6.07. The van der Waals surface area contributed by atoms with Crippen LogP contribution in [0, 0.1) is 0 Å². The van der Waals surface area contributed by atoms with Crippen molar-refractivity contribution in [1.82, 2.24) is 8.61 Å². The minimum Gasteiger partial charge on any atom is -0.195 e. The summed E-state index contributed by atoms with van der Waals surface area (Å²) in [5.74, 6) is 0. The van der Waals surface area contributed by atoms with Crippen LogP contribution >= 0.6 is 0 Å². The number of piperidine rings is 1. The lowest BCUT2D eigenvalue weighted by atomic mass is 9.93. The molecule has 4 nitrogen and oxygen atoms in total. The van der Waals surface area contributed by atoms with Crippen molar-refractivity contribution < 1.29 is 21.6 Å². The van der Waals surface area contributed by atoms with Crippen LogP contribution in [-0.2, 0) is 16.4 Å². The van der Waals surface area contributed by atoms with E-state index in [0.717, 1.165) is 18.9 Å². The number of halogens is 3. The Morgan fingerprint density at radius 1 is 1.00 bits per heavy atom. The number of benzene rings is 1. The Labute approximate surface area is 134 Å². The fraction of sp³-hybridized carbons (Fsp3) is 0.600. The number of rotatable bonds is 3. The molecule has 1 atom stereocenters. The van der Waals surface area contributed by atoms with E-state index in [2.05, 4.69) is 0 Å². The Kier molecular flexibility index (Phi) is 4.41. The highest BCUT2D eigenvalue weighted by Crippen LogP contribution is 2.41. The minimum absolute atomic E-state index is 0.0591. The quantitative estimate of drug-likeness (QED) is 0.842. The van der Waals surface area contributed by atoms with Crippen LogP contribution in [-0.4, -0.2) is 36.7 Å². The lowest BCUT2D eigenvalue weighted by Gasteiger charge is -2.41. The summed E-state index contributed by atoms with van der Waals surface area (Å²) in [5.41, 5.74) is -0.681. The first-order chi connectivity index (χ1) is 10.8. The highest BCUT2D eigenvalue weighted by Gasteiger charge is 2.42. The van der Waals surface area contributed by atoms with Crippen LogP contribution in [0.5, 0.6) is 0 Å². The molecule has 0 saturated carbocycles. The highest BCUT2D eigenvalue weighted by atomic mass is 32.2. The lowest BCUT2D eigenvalue weighted by Crippen LogP contribution is -2.52. The van der Waals surface area contributed by atoms with Crippen LogP contribution in [0.4, 0.5) is 13.2 Å². The fourth-order valence-electron chi connectivity index (χ4n) is 3.20. The normalized spacial score (nSPS) is 24.4. The molecule has 2 aliphatic heterocycles. The van der Waals surface area contributed by atoms with Gasteiger partial charge in [0.25, 0.3) is 10.2 Å². The van der Waals surface area contributed by atoms with E-state index < -0.39 is 28.0 Å². The Morgan fingerprint density at radius 2 is 1.70 bits per heavy atom. The second-order valence-electron chi connectivity index (χ2n) is 5.97. The van der Waals surface area contributed by atoms with Crippen LogP contribution in [0.25, 0.3) is 0 Å². The average molecular weight is 348 g/mol. The van der Waals surface area contributed by atoms with Crippen molar-refractivity contribution in [2.45, 2.75) is 37.9 Å². The molecule has 0 aliphatic carbocycles. The zero-order valence-electron chi connectivity index (χ0n) is 12.6. The first-order valence-electron chi connectivity index (χ1n) is 7.75. The van der Waals surface area contributed by atoms with E-state index in [9.17, 15) is 21.6 Å². The third-order valence-electron chi connectivity index (χ3n) is 4.52. The van der Waals surface area contributed by atoms with E-state index in [1.807, 2.05) is 0 Å². The third-order valence-corrected chi connectivity index (χ3v) is 6.56. The maximum atomic E-state index is 13.3. The molecule has 2 heterocycles. The first kappa shape index (κ1) is 16.7. The Bertz CT molecular complexity index is 672. The van der Waals surface area contributed by atoms with E-state index in [1.165, 1.54) is 26.8 Å². The smallest absolute Gasteiger partial charge is 0.195 e. The zero-order valence-corrected chi connectivity index (χ0v) is 13.4. The van der Waals surface area contributed by atoms with Gasteiger partial charge in [0, 0.05) is 19.6 Å². The summed E-state index contributed by atoms with van der Waals surface area (Å²) in [4.78, 5) is 0. The van der Waals surface area contributed by atoms with Crippen molar-refractivity contribution in [2.24, 2.45) is 0 Å². The van der Waals surface area contributed by atoms with Gasteiger partial charge in [0.05, 0.1) is 11.6 Å². The molecular formula is C15H19F3N2O2S. The summed E-state index contributed by atoms with van der Waals surface area (Å²) >= 11 is 0. The van der Waals surface area contributed by atoms with Gasteiger partial charge in [-0.05, 0) is 30.9 Å². The van der Waals surface area contributed by atoms with Crippen LogP contribution in [0.15, 0.2) is 24.3 Å². The Hall–Kier alpha value is -1.12. The maximum Gasteiger partial charge on any atom is 0.416 e. The molecule has 8 heteroatoms. The summed E-state index contributed by atoms with van der Waals surface area (Å²) < 4.78 is 67.8. The van der Waals surface area contributed by atoms with Gasteiger partial charge >= 0.3 is 6.18 Å². The molecular weight excluding hydrogens is 329 g/mol. The molecule has 3 rings (SSSR count). The van der Waals surface area contributed by atoms with Gasteiger partial charge in [-0.2, -0.15) is 30.2 Å². The summed E-state index contributed by atoms with van der Waals surface area (Å²) in [5, 5.41) is 0. The van der Waals surface area contributed by atoms with Crippen molar-refractivity contribution in [3.63, 3.8) is 0 Å². The predicted molar refractivity (Wildman–Crippen MR) is 79.9 cm³/mol. The molecule has 0 spiro atoms. The summed E-state index contributed by atoms with van der Waals surface area (Å²) in [6, 6.07) is 4.56. The molecule has 0 amide bonds. The molecule has 0 bridgehead atoms. The fourth-order valence-corrected chi connectivity index (χ4v) is 5.12. The van der Waals surface area contributed by atoms with Gasteiger partial charge in [0.2, 0.25) is 0 Å². The summed E-state index contributed by atoms with van der Waals surface area (Å²) in [7, 11) is -3.69. The van der Waals surface area contributed by atoms with E-state index in [-0.39, 0.29) is 12.1 Å². The van der Waals surface area contributed by atoms with Gasteiger partial charge in [-0.3, -0.25) is 0 Å².